The molecule has 3 nitrogen and oxygen atoms in total. The first-order valence-corrected chi connectivity index (χ1v) is 8.01. The third kappa shape index (κ3) is 4.07. The lowest BCUT2D eigenvalue weighted by atomic mass is 9.77. The number of hydrogen-bond donors (Lipinski definition) is 2. The zero-order valence-corrected chi connectivity index (χ0v) is 13.5. The fourth-order valence-electron chi connectivity index (χ4n) is 3.20. The Balaban J connectivity index is 2.01. The van der Waals surface area contributed by atoms with Gasteiger partial charge in [0.1, 0.15) is 0 Å². The van der Waals surface area contributed by atoms with Crippen molar-refractivity contribution in [3.05, 3.63) is 34.9 Å². The number of hydrogen-bond acceptors (Lipinski definition) is 2. The molecule has 0 heterocycles. The lowest BCUT2D eigenvalue weighted by molar-refractivity contribution is -0.122. The lowest BCUT2D eigenvalue weighted by Gasteiger charge is -2.39. The number of rotatable bonds is 4. The molecule has 0 aromatic heterocycles. The molecule has 1 aliphatic carbocycles. The van der Waals surface area contributed by atoms with Crippen molar-refractivity contribution < 1.29 is 4.79 Å². The summed E-state index contributed by atoms with van der Waals surface area (Å²) in [5, 5.41) is 3.23. The molecule has 2 rings (SSSR count). The summed E-state index contributed by atoms with van der Waals surface area (Å²) in [6.45, 7) is 6.93. The van der Waals surface area contributed by atoms with Crippen LogP contribution in [0.1, 0.15) is 49.3 Å². The molecule has 1 aliphatic rings. The van der Waals surface area contributed by atoms with Crippen LogP contribution in [0.25, 0.3) is 0 Å². The molecule has 116 valence electrons. The maximum Gasteiger partial charge on any atom is 0.224 e. The van der Waals surface area contributed by atoms with E-state index >= 15 is 0 Å². The predicted molar refractivity (Wildman–Crippen MR) is 87.2 cm³/mol. The monoisotopic (exact) mass is 288 g/mol. The molecule has 0 aliphatic heterocycles. The minimum Gasteiger partial charge on any atom is -0.349 e. The third-order valence-electron chi connectivity index (χ3n) is 4.88. The van der Waals surface area contributed by atoms with Crippen LogP contribution in [0, 0.1) is 19.8 Å². The van der Waals surface area contributed by atoms with Crippen LogP contribution in [0.3, 0.4) is 0 Å². The maximum atomic E-state index is 12.4. The molecule has 3 heteroatoms. The van der Waals surface area contributed by atoms with Crippen molar-refractivity contribution >= 4 is 5.91 Å². The maximum absolute atomic E-state index is 12.4. The summed E-state index contributed by atoms with van der Waals surface area (Å²) in [6, 6.07) is 6.27. The van der Waals surface area contributed by atoms with Crippen LogP contribution in [0.4, 0.5) is 0 Å². The number of benzene rings is 1. The molecule has 0 unspecified atom stereocenters. The number of nitrogens with two attached hydrogens (primary N) is 1. The smallest absolute Gasteiger partial charge is 0.224 e. The van der Waals surface area contributed by atoms with Gasteiger partial charge >= 0.3 is 0 Å². The third-order valence-corrected chi connectivity index (χ3v) is 4.88. The quantitative estimate of drug-likeness (QED) is 0.895. The van der Waals surface area contributed by atoms with Gasteiger partial charge in [-0.25, -0.2) is 0 Å². The Morgan fingerprint density at radius 3 is 2.62 bits per heavy atom. The highest BCUT2D eigenvalue weighted by atomic mass is 16.1. The van der Waals surface area contributed by atoms with Crippen LogP contribution in [0.5, 0.6) is 0 Å². The number of carbonyl (C=O) groups excluding carboxylic acids is 1. The first kappa shape index (κ1) is 16.0. The van der Waals surface area contributed by atoms with E-state index in [1.165, 1.54) is 11.1 Å². The highest BCUT2D eigenvalue weighted by molar-refractivity contribution is 5.79. The SMILES string of the molecule is Cc1ccc(C)c(CC(=O)NC2(CN)CCC(C)CC2)c1. The van der Waals surface area contributed by atoms with Gasteiger partial charge in [0.25, 0.3) is 0 Å². The van der Waals surface area contributed by atoms with Gasteiger partial charge in [0.2, 0.25) is 5.91 Å². The second-order valence-electron chi connectivity index (χ2n) is 6.82. The van der Waals surface area contributed by atoms with E-state index in [1.54, 1.807) is 0 Å². The summed E-state index contributed by atoms with van der Waals surface area (Å²) in [4.78, 5) is 12.4. The molecule has 0 saturated heterocycles. The normalized spacial score (nSPS) is 25.6. The Morgan fingerprint density at radius 2 is 2.00 bits per heavy atom. The van der Waals surface area contributed by atoms with Gasteiger partial charge in [0.05, 0.1) is 12.0 Å². The van der Waals surface area contributed by atoms with E-state index < -0.39 is 0 Å². The highest BCUT2D eigenvalue weighted by Gasteiger charge is 2.34. The molecular formula is C18H28N2O. The Bertz CT molecular complexity index is 502. The first-order chi connectivity index (χ1) is 9.94. The van der Waals surface area contributed by atoms with Crippen LogP contribution in [0.15, 0.2) is 18.2 Å². The predicted octanol–water partition coefficient (Wildman–Crippen LogP) is 2.87. The van der Waals surface area contributed by atoms with Gasteiger partial charge in [-0.1, -0.05) is 30.7 Å². The van der Waals surface area contributed by atoms with Gasteiger partial charge in [0.15, 0.2) is 0 Å². The molecule has 1 aromatic carbocycles. The van der Waals surface area contributed by atoms with E-state index in [2.05, 4.69) is 44.3 Å². The summed E-state index contributed by atoms with van der Waals surface area (Å²) in [5.41, 5.74) is 9.27. The van der Waals surface area contributed by atoms with Gasteiger partial charge in [-0.2, -0.15) is 0 Å². The Labute approximate surface area is 128 Å². The fraction of sp³-hybridized carbons (Fsp3) is 0.611. The van der Waals surface area contributed by atoms with Crippen molar-refractivity contribution in [1.82, 2.24) is 5.32 Å². The van der Waals surface area contributed by atoms with Crippen LogP contribution in [-0.2, 0) is 11.2 Å². The molecule has 1 saturated carbocycles. The van der Waals surface area contributed by atoms with E-state index in [1.807, 2.05) is 0 Å². The van der Waals surface area contributed by atoms with Crippen LogP contribution in [-0.4, -0.2) is 18.0 Å². The van der Waals surface area contributed by atoms with Crippen molar-refractivity contribution in [2.45, 2.75) is 58.4 Å². The Morgan fingerprint density at radius 1 is 1.33 bits per heavy atom. The molecule has 0 atom stereocenters. The Hall–Kier alpha value is -1.35. The largest absolute Gasteiger partial charge is 0.349 e. The first-order valence-electron chi connectivity index (χ1n) is 8.01. The zero-order chi connectivity index (χ0) is 15.5. The summed E-state index contributed by atoms with van der Waals surface area (Å²) in [5.74, 6) is 0.851. The highest BCUT2D eigenvalue weighted by Crippen LogP contribution is 2.31. The average molecular weight is 288 g/mol. The number of aryl methyl sites for hydroxylation is 2. The van der Waals surface area contributed by atoms with E-state index in [0.29, 0.717) is 13.0 Å². The van der Waals surface area contributed by atoms with Gasteiger partial charge in [-0.15, -0.1) is 0 Å². The van der Waals surface area contributed by atoms with E-state index in [0.717, 1.165) is 37.2 Å². The zero-order valence-electron chi connectivity index (χ0n) is 13.5. The number of carbonyl (C=O) groups is 1. The van der Waals surface area contributed by atoms with E-state index in [-0.39, 0.29) is 11.4 Å². The molecule has 3 N–H and O–H groups in total. The molecular weight excluding hydrogens is 260 g/mol. The van der Waals surface area contributed by atoms with Crippen molar-refractivity contribution in [3.63, 3.8) is 0 Å². The fourth-order valence-corrected chi connectivity index (χ4v) is 3.20. The number of nitrogens with one attached hydrogen (secondary N) is 1. The molecule has 0 spiro atoms. The van der Waals surface area contributed by atoms with Gasteiger partial charge in [-0.3, -0.25) is 4.79 Å². The van der Waals surface area contributed by atoms with Gasteiger partial charge in [-0.05, 0) is 56.6 Å². The van der Waals surface area contributed by atoms with Crippen molar-refractivity contribution in [1.29, 1.82) is 0 Å². The molecule has 0 radical (unpaired) electrons. The molecule has 21 heavy (non-hydrogen) atoms. The van der Waals surface area contributed by atoms with Crippen LogP contribution in [0.2, 0.25) is 0 Å². The summed E-state index contributed by atoms with van der Waals surface area (Å²) < 4.78 is 0. The summed E-state index contributed by atoms with van der Waals surface area (Å²) in [7, 11) is 0. The van der Waals surface area contributed by atoms with Crippen molar-refractivity contribution in [2.24, 2.45) is 11.7 Å². The Kier molecular flexibility index (Phi) is 5.04. The molecule has 1 fully saturated rings. The van der Waals surface area contributed by atoms with E-state index in [4.69, 9.17) is 5.73 Å². The second kappa shape index (κ2) is 6.61. The average Bonchev–Trinajstić information content (AvgIpc) is 2.46. The van der Waals surface area contributed by atoms with Crippen molar-refractivity contribution in [3.8, 4) is 0 Å². The van der Waals surface area contributed by atoms with Crippen LogP contribution < -0.4 is 11.1 Å². The standard InChI is InChI=1S/C18H28N2O/c1-13-6-8-18(12-19,9-7-13)20-17(21)11-16-10-14(2)4-5-15(16)3/h4-5,10,13H,6-9,11-12,19H2,1-3H3,(H,20,21). The molecule has 1 amide bonds. The number of amides is 1. The van der Waals surface area contributed by atoms with Gasteiger partial charge < -0.3 is 11.1 Å². The second-order valence-corrected chi connectivity index (χ2v) is 6.82. The minimum atomic E-state index is -0.179. The summed E-state index contributed by atoms with van der Waals surface area (Å²) >= 11 is 0. The lowest BCUT2D eigenvalue weighted by Crippen LogP contribution is -2.55. The van der Waals surface area contributed by atoms with Gasteiger partial charge in [0, 0.05) is 6.54 Å². The minimum absolute atomic E-state index is 0.101. The van der Waals surface area contributed by atoms with Crippen LogP contribution >= 0.6 is 0 Å². The topological polar surface area (TPSA) is 55.1 Å². The van der Waals surface area contributed by atoms with Crippen molar-refractivity contribution in [2.75, 3.05) is 6.54 Å². The summed E-state index contributed by atoms with van der Waals surface area (Å²) in [6.07, 6.45) is 4.76. The van der Waals surface area contributed by atoms with E-state index in [9.17, 15) is 4.79 Å². The molecule has 0 bridgehead atoms. The molecule has 1 aromatic rings.